The van der Waals surface area contributed by atoms with E-state index < -0.39 is 23.9 Å². The van der Waals surface area contributed by atoms with Crippen molar-refractivity contribution in [2.45, 2.75) is 32.7 Å². The molecule has 26 heavy (non-hydrogen) atoms. The van der Waals surface area contributed by atoms with E-state index >= 15 is 0 Å². The van der Waals surface area contributed by atoms with Gasteiger partial charge in [-0.05, 0) is 19.4 Å². The highest BCUT2D eigenvalue weighted by Gasteiger charge is 2.38. The van der Waals surface area contributed by atoms with Gasteiger partial charge in [-0.15, -0.1) is 15.3 Å². The number of anilines is 1. The molecule has 0 aliphatic rings. The van der Waals surface area contributed by atoms with Crippen LogP contribution in [0.4, 0.5) is 32.2 Å². The van der Waals surface area contributed by atoms with Crippen molar-refractivity contribution in [3.8, 4) is 0 Å². The monoisotopic (exact) mass is 379 g/mol. The number of alkyl halides is 6. The van der Waals surface area contributed by atoms with Gasteiger partial charge in [-0.2, -0.15) is 30.9 Å². The van der Waals surface area contributed by atoms with E-state index in [0.717, 1.165) is 0 Å². The minimum absolute atomic E-state index is 0.0453. The predicted molar refractivity (Wildman–Crippen MR) is 76.2 cm³/mol. The molecule has 140 valence electrons. The van der Waals surface area contributed by atoms with Gasteiger partial charge in [0.25, 0.3) is 5.82 Å². The molecular weight excluding hydrogens is 368 g/mol. The normalized spacial score (nSPS) is 12.8. The Hall–Kier alpha value is -2.86. The molecule has 3 aromatic rings. The molecule has 0 aliphatic heterocycles. The molecule has 0 aliphatic carbocycles. The van der Waals surface area contributed by atoms with Crippen molar-refractivity contribution in [1.82, 2.24) is 29.8 Å². The molecule has 0 spiro atoms. The molecule has 13 heteroatoms. The van der Waals surface area contributed by atoms with Crippen LogP contribution in [-0.4, -0.2) is 29.8 Å². The van der Waals surface area contributed by atoms with Crippen LogP contribution >= 0.6 is 0 Å². The second-order valence-electron chi connectivity index (χ2n) is 5.45. The number of hydrogen-bond acceptors (Lipinski definition) is 5. The number of H-pyrrole nitrogens is 1. The lowest BCUT2D eigenvalue weighted by atomic mass is 10.2. The Morgan fingerprint density at radius 3 is 2.31 bits per heavy atom. The van der Waals surface area contributed by atoms with Crippen LogP contribution in [0.2, 0.25) is 0 Å². The topological polar surface area (TPSA) is 83.8 Å². The molecule has 7 nitrogen and oxygen atoms in total. The molecule has 0 fully saturated rings. The highest BCUT2D eigenvalue weighted by molar-refractivity contribution is 5.58. The van der Waals surface area contributed by atoms with Crippen molar-refractivity contribution in [2.24, 2.45) is 0 Å². The lowest BCUT2D eigenvalue weighted by molar-refractivity contribution is -0.146. The lowest BCUT2D eigenvalue weighted by Gasteiger charge is -2.12. The van der Waals surface area contributed by atoms with Gasteiger partial charge in [-0.25, -0.2) is 4.98 Å². The third-order valence-electron chi connectivity index (χ3n) is 3.70. The average Bonchev–Trinajstić information content (AvgIpc) is 3.15. The van der Waals surface area contributed by atoms with Crippen LogP contribution in [0, 0.1) is 13.8 Å². The third-order valence-corrected chi connectivity index (χ3v) is 3.70. The zero-order valence-electron chi connectivity index (χ0n) is 13.3. The quantitative estimate of drug-likeness (QED) is 0.684. The smallest absolute Gasteiger partial charge is 0.361 e. The maximum atomic E-state index is 13.0. The number of aromatic amines is 1. The Morgan fingerprint density at radius 1 is 1.04 bits per heavy atom. The average molecular weight is 379 g/mol. The highest BCUT2D eigenvalue weighted by atomic mass is 19.4. The summed E-state index contributed by atoms with van der Waals surface area (Å²) in [6.45, 7) is 2.94. The maximum absolute atomic E-state index is 13.0. The van der Waals surface area contributed by atoms with Gasteiger partial charge in [-0.3, -0.25) is 0 Å². The van der Waals surface area contributed by atoms with Crippen LogP contribution in [-0.2, 0) is 18.9 Å². The summed E-state index contributed by atoms with van der Waals surface area (Å²) in [5, 5.41) is 13.1. The minimum atomic E-state index is -4.76. The number of nitrogens with zero attached hydrogens (tertiary/aromatic N) is 5. The van der Waals surface area contributed by atoms with Gasteiger partial charge >= 0.3 is 12.4 Å². The van der Waals surface area contributed by atoms with E-state index in [4.69, 9.17) is 0 Å². The molecule has 2 N–H and O–H groups in total. The van der Waals surface area contributed by atoms with Crippen LogP contribution in [0.15, 0.2) is 6.20 Å². The fraction of sp³-hybridized carbons (Fsp3) is 0.385. The molecule has 0 atom stereocenters. The number of fused-ring (bicyclic) bond motifs is 1. The molecule has 0 aromatic carbocycles. The van der Waals surface area contributed by atoms with Crippen LogP contribution in [0.25, 0.3) is 5.65 Å². The van der Waals surface area contributed by atoms with E-state index in [9.17, 15) is 26.3 Å². The van der Waals surface area contributed by atoms with Gasteiger partial charge in [0.2, 0.25) is 0 Å². The first-order valence-corrected chi connectivity index (χ1v) is 7.13. The van der Waals surface area contributed by atoms with Crippen molar-refractivity contribution in [2.75, 3.05) is 5.32 Å². The first-order chi connectivity index (χ1) is 12.0. The Labute approximate surface area is 141 Å². The lowest BCUT2D eigenvalue weighted by Crippen LogP contribution is -2.15. The van der Waals surface area contributed by atoms with Crippen molar-refractivity contribution in [1.29, 1.82) is 0 Å². The summed E-state index contributed by atoms with van der Waals surface area (Å²) in [4.78, 5) is 5.67. The fourth-order valence-corrected chi connectivity index (χ4v) is 2.24. The Bertz CT molecular complexity index is 952. The molecule has 3 heterocycles. The van der Waals surface area contributed by atoms with E-state index in [1.165, 1.54) is 0 Å². The molecule has 0 saturated heterocycles. The largest absolute Gasteiger partial charge is 0.453 e. The first kappa shape index (κ1) is 17.9. The maximum Gasteiger partial charge on any atom is 0.453 e. The molecule has 0 unspecified atom stereocenters. The second-order valence-corrected chi connectivity index (χ2v) is 5.45. The third kappa shape index (κ3) is 3.15. The number of nitrogens with one attached hydrogen (secondary N) is 2. The highest BCUT2D eigenvalue weighted by Crippen LogP contribution is 2.30. The number of rotatable bonds is 3. The van der Waals surface area contributed by atoms with Crippen LogP contribution in [0.5, 0.6) is 0 Å². The van der Waals surface area contributed by atoms with E-state index in [0.29, 0.717) is 21.8 Å². The summed E-state index contributed by atoms with van der Waals surface area (Å²) < 4.78 is 77.1. The number of aromatic nitrogens is 6. The van der Waals surface area contributed by atoms with Gasteiger partial charge in [0.05, 0.1) is 12.7 Å². The standard InChI is InChI=1S/C13H11F6N7/c1-5-6(2)10-23-24-11(13(17,18)19)26(10)25-9(5)21-4-8-20-3-7(22-8)12(14,15)16/h3H,4H2,1-2H3,(H,20,22)(H,21,25). The molecular formula is C13H11F6N7. The molecule has 0 saturated carbocycles. The van der Waals surface area contributed by atoms with Crippen molar-refractivity contribution in [3.63, 3.8) is 0 Å². The predicted octanol–water partition coefficient (Wildman–Crippen LogP) is 3.11. The summed E-state index contributed by atoms with van der Waals surface area (Å²) in [6.07, 6.45) is -8.69. The Kier molecular flexibility index (Phi) is 4.04. The number of aryl methyl sites for hydroxylation is 1. The van der Waals surface area contributed by atoms with Gasteiger partial charge in [0.1, 0.15) is 11.5 Å². The van der Waals surface area contributed by atoms with E-state index in [1.54, 1.807) is 13.8 Å². The number of hydrogen-bond donors (Lipinski definition) is 2. The zero-order chi connectivity index (χ0) is 19.3. The summed E-state index contributed by atoms with van der Waals surface area (Å²) in [5.41, 5.74) is -0.191. The van der Waals surface area contributed by atoms with Crippen molar-refractivity contribution < 1.29 is 26.3 Å². The van der Waals surface area contributed by atoms with E-state index in [2.05, 4.69) is 30.6 Å². The summed E-state index contributed by atoms with van der Waals surface area (Å²) in [5.74, 6) is -1.29. The second kappa shape index (κ2) is 5.85. The summed E-state index contributed by atoms with van der Waals surface area (Å²) >= 11 is 0. The molecule has 3 aromatic heterocycles. The van der Waals surface area contributed by atoms with Crippen molar-refractivity contribution in [3.05, 3.63) is 34.7 Å². The van der Waals surface area contributed by atoms with Gasteiger partial charge in [0, 0.05) is 5.56 Å². The van der Waals surface area contributed by atoms with Gasteiger partial charge in [0.15, 0.2) is 11.5 Å². The van der Waals surface area contributed by atoms with Crippen LogP contribution in [0.3, 0.4) is 0 Å². The molecule has 3 rings (SSSR count). The summed E-state index contributed by atoms with van der Waals surface area (Å²) in [6, 6.07) is 0. The van der Waals surface area contributed by atoms with E-state index in [-0.39, 0.29) is 23.8 Å². The minimum Gasteiger partial charge on any atom is -0.361 e. The fourth-order valence-electron chi connectivity index (χ4n) is 2.24. The van der Waals surface area contributed by atoms with Crippen LogP contribution < -0.4 is 5.32 Å². The Balaban J connectivity index is 1.92. The number of halogens is 6. The number of imidazole rings is 1. The van der Waals surface area contributed by atoms with Crippen molar-refractivity contribution >= 4 is 11.5 Å². The van der Waals surface area contributed by atoms with E-state index in [1.807, 2.05) is 0 Å². The van der Waals surface area contributed by atoms with Crippen LogP contribution in [0.1, 0.15) is 28.5 Å². The molecule has 0 radical (unpaired) electrons. The first-order valence-electron chi connectivity index (χ1n) is 7.13. The van der Waals surface area contributed by atoms with Gasteiger partial charge in [-0.1, -0.05) is 0 Å². The Morgan fingerprint density at radius 2 is 1.73 bits per heavy atom. The summed E-state index contributed by atoms with van der Waals surface area (Å²) in [7, 11) is 0. The van der Waals surface area contributed by atoms with Gasteiger partial charge < -0.3 is 10.3 Å². The molecule has 0 bridgehead atoms. The SMILES string of the molecule is Cc1c(NCc2ncc(C(F)(F)F)[nH]2)nn2c(C(F)(F)F)nnc2c1C. The molecule has 0 amide bonds. The zero-order valence-corrected chi connectivity index (χ0v) is 13.3.